The van der Waals surface area contributed by atoms with E-state index >= 15 is 0 Å². The molecule has 0 saturated carbocycles. The highest BCUT2D eigenvalue weighted by Gasteiger charge is 1.92. The van der Waals surface area contributed by atoms with Crippen LogP contribution in [0.2, 0.25) is 0 Å². The Labute approximate surface area is 49.3 Å². The van der Waals surface area contributed by atoms with E-state index in [1.807, 2.05) is 0 Å². The summed E-state index contributed by atoms with van der Waals surface area (Å²) in [5.74, 6) is 0. The lowest BCUT2D eigenvalue weighted by molar-refractivity contribution is 0.771. The molecule has 1 heterocycles. The molecule has 0 aromatic heterocycles. The number of hydrazone groups is 1. The van der Waals surface area contributed by atoms with Crippen LogP contribution in [0.3, 0.4) is 0 Å². The van der Waals surface area contributed by atoms with Gasteiger partial charge in [0.15, 0.2) is 0 Å². The van der Waals surface area contributed by atoms with Gasteiger partial charge in [-0.2, -0.15) is 5.10 Å². The fourth-order valence-corrected chi connectivity index (χ4v) is 0.644. The quantitative estimate of drug-likeness (QED) is 0.533. The van der Waals surface area contributed by atoms with E-state index in [-0.39, 0.29) is 0 Å². The van der Waals surface area contributed by atoms with Gasteiger partial charge < -0.3 is 5.43 Å². The number of allylic oxidation sites excluding steroid dienone is 1. The molecule has 2 nitrogen and oxygen atoms in total. The summed E-state index contributed by atoms with van der Waals surface area (Å²) < 4.78 is 0. The first-order valence-electron chi connectivity index (χ1n) is 2.87. The first-order valence-corrected chi connectivity index (χ1v) is 2.87. The molecule has 1 N–H and O–H groups in total. The molecule has 1 aliphatic rings. The molecule has 0 fully saturated rings. The van der Waals surface area contributed by atoms with E-state index < -0.39 is 0 Å². The summed E-state index contributed by atoms with van der Waals surface area (Å²) in [7, 11) is 0. The maximum atomic E-state index is 3.82. The molecule has 0 amide bonds. The van der Waals surface area contributed by atoms with E-state index in [1.165, 1.54) is 5.57 Å². The molecule has 0 unspecified atom stereocenters. The average molecular weight is 110 g/mol. The van der Waals surface area contributed by atoms with Gasteiger partial charge >= 0.3 is 0 Å². The summed E-state index contributed by atoms with van der Waals surface area (Å²) in [6.45, 7) is 3.07. The molecule has 2 heteroatoms. The number of hydrogen-bond donors (Lipinski definition) is 1. The van der Waals surface area contributed by atoms with E-state index in [1.54, 1.807) is 6.21 Å². The smallest absolute Gasteiger partial charge is 0.0543 e. The predicted molar refractivity (Wildman–Crippen MR) is 34.9 cm³/mol. The van der Waals surface area contributed by atoms with Crippen molar-refractivity contribution in [1.82, 2.24) is 5.43 Å². The number of hydrogen-bond acceptors (Lipinski definition) is 2. The van der Waals surface area contributed by atoms with Crippen LogP contribution in [0.4, 0.5) is 0 Å². The maximum Gasteiger partial charge on any atom is 0.0543 e. The zero-order chi connectivity index (χ0) is 5.82. The molecule has 0 aromatic rings. The van der Waals surface area contributed by atoms with Crippen LogP contribution in [-0.2, 0) is 0 Å². The summed E-state index contributed by atoms with van der Waals surface area (Å²) in [6, 6.07) is 0. The lowest BCUT2D eigenvalue weighted by atomic mass is 10.2. The Morgan fingerprint density at radius 3 is 3.12 bits per heavy atom. The number of nitrogens with one attached hydrogen (secondary N) is 1. The normalized spacial score (nSPS) is 17.4. The van der Waals surface area contributed by atoms with Crippen molar-refractivity contribution in [3.63, 3.8) is 0 Å². The first-order chi connectivity index (χ1) is 3.93. The molecule has 0 radical (unpaired) electrons. The van der Waals surface area contributed by atoms with Crippen LogP contribution in [-0.4, -0.2) is 12.8 Å². The molecule has 0 saturated heterocycles. The third-order valence-corrected chi connectivity index (χ3v) is 1.24. The fraction of sp³-hybridized carbons (Fsp3) is 0.500. The second-order valence-electron chi connectivity index (χ2n) is 1.79. The van der Waals surface area contributed by atoms with Crippen LogP contribution in [0.5, 0.6) is 0 Å². The summed E-state index contributed by atoms with van der Waals surface area (Å²) >= 11 is 0. The Balaban J connectivity index is 2.50. The van der Waals surface area contributed by atoms with Crippen molar-refractivity contribution in [2.45, 2.75) is 13.3 Å². The molecule has 8 heavy (non-hydrogen) atoms. The van der Waals surface area contributed by atoms with Crippen molar-refractivity contribution in [2.24, 2.45) is 5.10 Å². The lowest BCUT2D eigenvalue weighted by Crippen LogP contribution is -2.13. The van der Waals surface area contributed by atoms with Crippen molar-refractivity contribution in [3.05, 3.63) is 11.6 Å². The molecule has 0 aromatic carbocycles. The average Bonchev–Trinajstić information content (AvgIpc) is 1.90. The molecule has 0 atom stereocenters. The zero-order valence-electron chi connectivity index (χ0n) is 5.02. The molecule has 0 spiro atoms. The highest BCUT2D eigenvalue weighted by atomic mass is 15.3. The van der Waals surface area contributed by atoms with E-state index in [0.29, 0.717) is 0 Å². The summed E-state index contributed by atoms with van der Waals surface area (Å²) in [5.41, 5.74) is 4.30. The molecular formula is C6H10N2. The van der Waals surface area contributed by atoms with Gasteiger partial charge in [-0.05, 0) is 18.1 Å². The van der Waals surface area contributed by atoms with Crippen molar-refractivity contribution < 1.29 is 0 Å². The number of rotatable bonds is 1. The monoisotopic (exact) mass is 110 g/mol. The second-order valence-corrected chi connectivity index (χ2v) is 1.79. The standard InChI is InChI=1S/C6H10N2/c1-2-6-3-4-7-8-5-6/h3-4,8H,2,5H2,1H3. The van der Waals surface area contributed by atoms with Crippen LogP contribution in [0.15, 0.2) is 16.8 Å². The Morgan fingerprint density at radius 1 is 1.88 bits per heavy atom. The van der Waals surface area contributed by atoms with Crippen LogP contribution in [0.1, 0.15) is 13.3 Å². The summed E-state index contributed by atoms with van der Waals surface area (Å²) in [4.78, 5) is 0. The van der Waals surface area contributed by atoms with Crippen LogP contribution in [0, 0.1) is 0 Å². The van der Waals surface area contributed by atoms with Gasteiger partial charge in [-0.25, -0.2) is 0 Å². The molecule has 1 aliphatic heterocycles. The SMILES string of the molecule is CCC1=CC=NNC1. The predicted octanol–water partition coefficient (Wildman–Crippen LogP) is 0.912. The maximum absolute atomic E-state index is 3.82. The van der Waals surface area contributed by atoms with E-state index in [2.05, 4.69) is 23.5 Å². The highest BCUT2D eigenvalue weighted by Crippen LogP contribution is 1.98. The topological polar surface area (TPSA) is 24.4 Å². The van der Waals surface area contributed by atoms with Gasteiger partial charge in [0, 0.05) is 6.21 Å². The number of nitrogens with zero attached hydrogens (tertiary/aromatic N) is 1. The lowest BCUT2D eigenvalue weighted by Gasteiger charge is -2.05. The van der Waals surface area contributed by atoms with Gasteiger partial charge in [0.25, 0.3) is 0 Å². The minimum atomic E-state index is 0.924. The third-order valence-electron chi connectivity index (χ3n) is 1.24. The van der Waals surface area contributed by atoms with Crippen molar-refractivity contribution in [3.8, 4) is 0 Å². The van der Waals surface area contributed by atoms with Crippen LogP contribution < -0.4 is 5.43 Å². The van der Waals surface area contributed by atoms with Crippen LogP contribution in [0.25, 0.3) is 0 Å². The minimum absolute atomic E-state index is 0.924. The summed E-state index contributed by atoms with van der Waals surface area (Å²) in [5, 5.41) is 3.82. The first kappa shape index (κ1) is 5.35. The Bertz CT molecular complexity index is 124. The highest BCUT2D eigenvalue weighted by molar-refractivity contribution is 5.72. The minimum Gasteiger partial charge on any atom is -0.306 e. The largest absolute Gasteiger partial charge is 0.306 e. The van der Waals surface area contributed by atoms with E-state index in [9.17, 15) is 0 Å². The molecule has 44 valence electrons. The zero-order valence-corrected chi connectivity index (χ0v) is 5.02. The second kappa shape index (κ2) is 2.50. The van der Waals surface area contributed by atoms with Gasteiger partial charge in [-0.3, -0.25) is 0 Å². The van der Waals surface area contributed by atoms with Gasteiger partial charge in [0.05, 0.1) is 6.54 Å². The Morgan fingerprint density at radius 2 is 2.75 bits per heavy atom. The van der Waals surface area contributed by atoms with Gasteiger partial charge in [0.1, 0.15) is 0 Å². The van der Waals surface area contributed by atoms with E-state index in [0.717, 1.165) is 13.0 Å². The fourth-order valence-electron chi connectivity index (χ4n) is 0.644. The van der Waals surface area contributed by atoms with Gasteiger partial charge in [0.2, 0.25) is 0 Å². The van der Waals surface area contributed by atoms with Crippen molar-refractivity contribution in [2.75, 3.05) is 6.54 Å². The van der Waals surface area contributed by atoms with Crippen molar-refractivity contribution >= 4 is 6.21 Å². The van der Waals surface area contributed by atoms with Gasteiger partial charge in [-0.1, -0.05) is 6.92 Å². The summed E-state index contributed by atoms with van der Waals surface area (Å²) in [6.07, 6.45) is 4.97. The molecule has 0 aliphatic carbocycles. The third kappa shape index (κ3) is 1.09. The molecular weight excluding hydrogens is 100 g/mol. The molecule has 0 bridgehead atoms. The van der Waals surface area contributed by atoms with E-state index in [4.69, 9.17) is 0 Å². The Hall–Kier alpha value is -0.790. The van der Waals surface area contributed by atoms with Gasteiger partial charge in [-0.15, -0.1) is 0 Å². The van der Waals surface area contributed by atoms with Crippen LogP contribution >= 0.6 is 0 Å². The molecule has 1 rings (SSSR count). The van der Waals surface area contributed by atoms with Crippen molar-refractivity contribution in [1.29, 1.82) is 0 Å². The Kier molecular flexibility index (Phi) is 1.67.